The number of hydrogen-bond acceptors (Lipinski definition) is 5. The summed E-state index contributed by atoms with van der Waals surface area (Å²) in [5, 5.41) is 2.57. The van der Waals surface area contributed by atoms with Gasteiger partial charge in [-0.25, -0.2) is 4.79 Å². The van der Waals surface area contributed by atoms with Crippen molar-refractivity contribution in [2.24, 2.45) is 0 Å². The molecule has 0 saturated heterocycles. The van der Waals surface area contributed by atoms with Crippen molar-refractivity contribution in [2.75, 3.05) is 0 Å². The number of alkyl carbamates (subject to hydrolysis) is 1. The van der Waals surface area contributed by atoms with Crippen LogP contribution in [0.2, 0.25) is 0 Å². The van der Waals surface area contributed by atoms with E-state index < -0.39 is 11.7 Å². The second kappa shape index (κ2) is 8.56. The van der Waals surface area contributed by atoms with Gasteiger partial charge in [0.15, 0.2) is 5.12 Å². The number of carbonyl (C=O) groups is 3. The third-order valence-electron chi connectivity index (χ3n) is 2.38. The van der Waals surface area contributed by atoms with Crippen molar-refractivity contribution >= 4 is 28.8 Å². The SMILES string of the molecule is C[C@@H](CCC(=O)CC(=O)SC(C)(C)C)NC(=O)OC(C)(C)C. The van der Waals surface area contributed by atoms with Crippen LogP contribution in [-0.2, 0) is 14.3 Å². The summed E-state index contributed by atoms with van der Waals surface area (Å²) in [6.07, 6.45) is 0.215. The molecule has 6 heteroatoms. The van der Waals surface area contributed by atoms with Crippen LogP contribution in [0.1, 0.15) is 67.7 Å². The van der Waals surface area contributed by atoms with Gasteiger partial charge >= 0.3 is 6.09 Å². The molecule has 0 fully saturated rings. The van der Waals surface area contributed by atoms with Crippen molar-refractivity contribution < 1.29 is 19.1 Å². The number of carbonyl (C=O) groups excluding carboxylic acids is 3. The second-order valence-electron chi connectivity index (χ2n) is 7.39. The highest BCUT2D eigenvalue weighted by Gasteiger charge is 2.20. The molecule has 1 atom stereocenters. The minimum atomic E-state index is -0.545. The number of nitrogens with one attached hydrogen (secondary N) is 1. The molecule has 0 aliphatic rings. The minimum absolute atomic E-state index is 0.0545. The molecular weight excluding hydrogens is 302 g/mol. The van der Waals surface area contributed by atoms with Crippen LogP contribution in [-0.4, -0.2) is 33.4 Å². The summed E-state index contributed by atoms with van der Waals surface area (Å²) < 4.78 is 4.96. The lowest BCUT2D eigenvalue weighted by Crippen LogP contribution is -2.37. The van der Waals surface area contributed by atoms with Crippen LogP contribution in [0, 0.1) is 0 Å². The summed E-state index contributed by atoms with van der Waals surface area (Å²) >= 11 is 1.19. The average molecular weight is 331 g/mol. The lowest BCUT2D eigenvalue weighted by molar-refractivity contribution is -0.123. The fraction of sp³-hybridized carbons (Fsp3) is 0.812. The molecule has 0 saturated carbocycles. The van der Waals surface area contributed by atoms with Gasteiger partial charge in [0.05, 0.1) is 6.42 Å². The van der Waals surface area contributed by atoms with Crippen LogP contribution in [0.15, 0.2) is 0 Å². The monoisotopic (exact) mass is 331 g/mol. The van der Waals surface area contributed by atoms with Gasteiger partial charge in [-0.1, -0.05) is 32.5 Å². The Hall–Kier alpha value is -1.04. The standard InChI is InChI=1S/C16H29NO4S/c1-11(17-14(20)21-15(2,3)4)8-9-12(18)10-13(19)22-16(5,6)7/h11H,8-10H2,1-7H3,(H,17,20)/t11-/m0/s1. The zero-order valence-corrected chi connectivity index (χ0v) is 15.6. The topological polar surface area (TPSA) is 72.5 Å². The Morgan fingerprint density at radius 2 is 1.64 bits per heavy atom. The Bertz CT molecular complexity index is 407. The highest BCUT2D eigenvalue weighted by atomic mass is 32.2. The van der Waals surface area contributed by atoms with Crippen LogP contribution < -0.4 is 5.32 Å². The summed E-state index contributed by atoms with van der Waals surface area (Å²) in [7, 11) is 0. The predicted octanol–water partition coefficient (Wildman–Crippen LogP) is 3.70. The first-order valence-electron chi connectivity index (χ1n) is 7.51. The van der Waals surface area contributed by atoms with Crippen molar-refractivity contribution in [1.29, 1.82) is 0 Å². The molecule has 1 amide bonds. The molecule has 0 bridgehead atoms. The maximum Gasteiger partial charge on any atom is 0.407 e. The molecule has 5 nitrogen and oxygen atoms in total. The Kier molecular flexibility index (Phi) is 8.15. The van der Waals surface area contributed by atoms with E-state index in [4.69, 9.17) is 4.74 Å². The fourth-order valence-corrected chi connectivity index (χ4v) is 2.50. The molecule has 0 aliphatic heterocycles. The van der Waals surface area contributed by atoms with Crippen molar-refractivity contribution in [1.82, 2.24) is 5.32 Å². The van der Waals surface area contributed by atoms with Crippen molar-refractivity contribution in [2.45, 2.75) is 84.1 Å². The number of Topliss-reactive ketones (excluding diaryl/α,β-unsaturated/α-hetero) is 1. The Morgan fingerprint density at radius 1 is 1.09 bits per heavy atom. The van der Waals surface area contributed by atoms with E-state index in [0.29, 0.717) is 6.42 Å². The maximum atomic E-state index is 11.8. The molecule has 0 radical (unpaired) electrons. The summed E-state index contributed by atoms with van der Waals surface area (Å²) in [5.41, 5.74) is -0.545. The number of hydrogen-bond donors (Lipinski definition) is 1. The molecule has 128 valence electrons. The first-order chi connectivity index (χ1) is 9.78. The number of ketones is 1. The summed E-state index contributed by atoms with van der Waals surface area (Å²) in [6.45, 7) is 13.0. The smallest absolute Gasteiger partial charge is 0.407 e. The van der Waals surface area contributed by atoms with Crippen LogP contribution >= 0.6 is 11.8 Å². The van der Waals surface area contributed by atoms with Gasteiger partial charge in [0.1, 0.15) is 11.4 Å². The molecule has 0 aromatic heterocycles. The van der Waals surface area contributed by atoms with Crippen molar-refractivity contribution in [3.05, 3.63) is 0 Å². The molecule has 0 spiro atoms. The quantitative estimate of drug-likeness (QED) is 0.751. The van der Waals surface area contributed by atoms with Crippen LogP contribution in [0.25, 0.3) is 0 Å². The van der Waals surface area contributed by atoms with E-state index in [1.807, 2.05) is 27.7 Å². The third-order valence-corrected chi connectivity index (χ3v) is 3.37. The van der Waals surface area contributed by atoms with E-state index in [1.165, 1.54) is 11.8 Å². The summed E-state index contributed by atoms with van der Waals surface area (Å²) in [6, 6.07) is -0.177. The van der Waals surface area contributed by atoms with E-state index in [9.17, 15) is 14.4 Å². The number of amides is 1. The van der Waals surface area contributed by atoms with Gasteiger partial charge in [-0.05, 0) is 34.1 Å². The van der Waals surface area contributed by atoms with E-state index >= 15 is 0 Å². The molecule has 1 N–H and O–H groups in total. The van der Waals surface area contributed by atoms with Gasteiger partial charge in [0, 0.05) is 17.2 Å². The van der Waals surface area contributed by atoms with Crippen molar-refractivity contribution in [3.8, 4) is 0 Å². The Balaban J connectivity index is 4.05. The molecule has 0 rings (SSSR count). The van der Waals surface area contributed by atoms with Gasteiger partial charge in [0.25, 0.3) is 0 Å². The van der Waals surface area contributed by atoms with Crippen LogP contribution in [0.3, 0.4) is 0 Å². The van der Waals surface area contributed by atoms with Gasteiger partial charge in [0.2, 0.25) is 0 Å². The first-order valence-corrected chi connectivity index (χ1v) is 8.33. The molecule has 0 aromatic rings. The van der Waals surface area contributed by atoms with Crippen LogP contribution in [0.5, 0.6) is 0 Å². The van der Waals surface area contributed by atoms with E-state index in [1.54, 1.807) is 20.8 Å². The zero-order chi connectivity index (χ0) is 17.6. The third kappa shape index (κ3) is 12.7. The van der Waals surface area contributed by atoms with Gasteiger partial charge in [-0.15, -0.1) is 0 Å². The Labute approximate surface area is 137 Å². The fourth-order valence-electron chi connectivity index (χ4n) is 1.59. The van der Waals surface area contributed by atoms with Gasteiger partial charge in [-0.3, -0.25) is 9.59 Å². The maximum absolute atomic E-state index is 11.8. The first kappa shape index (κ1) is 21.0. The molecule has 22 heavy (non-hydrogen) atoms. The van der Waals surface area contributed by atoms with Gasteiger partial charge < -0.3 is 10.1 Å². The number of ether oxygens (including phenoxy) is 1. The summed E-state index contributed by atoms with van der Waals surface area (Å²) in [5.74, 6) is -0.0976. The molecule has 0 aromatic carbocycles. The molecule has 0 aliphatic carbocycles. The Morgan fingerprint density at radius 3 is 2.09 bits per heavy atom. The van der Waals surface area contributed by atoms with Gasteiger partial charge in [-0.2, -0.15) is 0 Å². The largest absolute Gasteiger partial charge is 0.444 e. The lowest BCUT2D eigenvalue weighted by atomic mass is 10.1. The van der Waals surface area contributed by atoms with E-state index in [2.05, 4.69) is 5.32 Å². The molecule has 0 unspecified atom stereocenters. The zero-order valence-electron chi connectivity index (χ0n) is 14.7. The minimum Gasteiger partial charge on any atom is -0.444 e. The second-order valence-corrected chi connectivity index (χ2v) is 9.27. The lowest BCUT2D eigenvalue weighted by Gasteiger charge is -2.21. The number of thioether (sulfide) groups is 1. The average Bonchev–Trinajstić information content (AvgIpc) is 2.20. The molecular formula is C16H29NO4S. The number of rotatable bonds is 6. The highest BCUT2D eigenvalue weighted by molar-refractivity contribution is 8.14. The predicted molar refractivity (Wildman–Crippen MR) is 90.0 cm³/mol. The normalized spacial score (nSPS) is 13.4. The van der Waals surface area contributed by atoms with Crippen molar-refractivity contribution in [3.63, 3.8) is 0 Å². The van der Waals surface area contributed by atoms with E-state index in [-0.39, 0.29) is 34.5 Å². The van der Waals surface area contributed by atoms with Crippen LogP contribution in [0.4, 0.5) is 4.79 Å². The van der Waals surface area contributed by atoms with E-state index in [0.717, 1.165) is 0 Å². The summed E-state index contributed by atoms with van der Waals surface area (Å²) in [4.78, 5) is 35.1. The highest BCUT2D eigenvalue weighted by Crippen LogP contribution is 2.25. The molecule has 0 heterocycles.